The summed E-state index contributed by atoms with van der Waals surface area (Å²) < 4.78 is 30.7. The van der Waals surface area contributed by atoms with E-state index in [9.17, 15) is 4.79 Å². The second-order valence-electron chi connectivity index (χ2n) is 12.6. The van der Waals surface area contributed by atoms with Gasteiger partial charge < -0.3 is 50.1 Å². The van der Waals surface area contributed by atoms with Crippen molar-refractivity contribution in [2.45, 2.75) is 60.9 Å². The van der Waals surface area contributed by atoms with E-state index in [0.29, 0.717) is 27.1 Å². The van der Waals surface area contributed by atoms with Crippen LogP contribution in [0.15, 0.2) is 94.2 Å². The molecule has 0 fully saturated rings. The Balaban J connectivity index is -0.000000367. The number of aryl methyl sites for hydroxylation is 3. The molecule has 2 heterocycles. The van der Waals surface area contributed by atoms with E-state index in [4.69, 9.17) is 96.1 Å². The van der Waals surface area contributed by atoms with Gasteiger partial charge in [-0.15, -0.1) is 0 Å². The van der Waals surface area contributed by atoms with Crippen LogP contribution in [0.2, 0.25) is 20.1 Å². The Bertz CT molecular complexity index is 2340. The van der Waals surface area contributed by atoms with Crippen LogP contribution in [0, 0.1) is 37.8 Å². The largest absolute Gasteiger partial charge is 1.00 e. The van der Waals surface area contributed by atoms with Gasteiger partial charge in [-0.05, 0) is 110 Å². The summed E-state index contributed by atoms with van der Waals surface area (Å²) in [6.45, 7) is 19.7. The topological polar surface area (TPSA) is 174 Å². The van der Waals surface area contributed by atoms with Gasteiger partial charge >= 0.3 is 61.6 Å². The van der Waals surface area contributed by atoms with Crippen LogP contribution in [-0.2, 0) is 4.79 Å². The van der Waals surface area contributed by atoms with Crippen molar-refractivity contribution in [3.8, 4) is 34.1 Å². The Morgan fingerprint density at radius 1 is 0.765 bits per heavy atom. The summed E-state index contributed by atoms with van der Waals surface area (Å²) in [4.78, 5) is 14.4. The Hall–Kier alpha value is -2.91. The van der Waals surface area contributed by atoms with Crippen LogP contribution in [0.25, 0.3) is 16.0 Å². The number of nitrogens with zero attached hydrogens (tertiary/aromatic N) is 3. The van der Waals surface area contributed by atoms with Gasteiger partial charge in [0.15, 0.2) is 0 Å². The molecule has 13 nitrogen and oxygen atoms in total. The Morgan fingerprint density at radius 3 is 1.51 bits per heavy atom. The third-order valence-electron chi connectivity index (χ3n) is 8.14. The minimum Gasteiger partial charge on any atom is -0.857 e. The summed E-state index contributed by atoms with van der Waals surface area (Å²) in [6, 6.07) is 19.9. The molecule has 0 amide bonds. The van der Waals surface area contributed by atoms with Crippen LogP contribution in [0.1, 0.15) is 62.8 Å². The summed E-state index contributed by atoms with van der Waals surface area (Å²) in [5, 5.41) is 35.1. The SMILES string of the molecule is C.COc1ccc(-c2cnoc2C)c(Cl)c1.COc1ccc(B(O)O)c(Cl)c1.COc1ccc(C)c(Cl)c1.C[O-].Cc1oncc1I.[C-]#[N+]C(C(C)=O)c1ccc(OC)cc1Cl.[CH2-]CCC.[Li+].[Na+]. The van der Waals surface area contributed by atoms with Crippen LogP contribution < -0.4 is 77.9 Å². The average molecular weight is 1130 g/mol. The molecule has 0 saturated heterocycles. The van der Waals surface area contributed by atoms with Crippen LogP contribution in [0.3, 0.4) is 0 Å². The van der Waals surface area contributed by atoms with E-state index in [-0.39, 0.29) is 72.1 Å². The van der Waals surface area contributed by atoms with Gasteiger partial charge in [-0.1, -0.05) is 89.6 Å². The Kier molecular flexibility index (Phi) is 43.0. The van der Waals surface area contributed by atoms with Crippen molar-refractivity contribution in [3.63, 3.8) is 0 Å². The maximum Gasteiger partial charge on any atom is 1.00 e. The molecule has 1 unspecified atom stereocenters. The van der Waals surface area contributed by atoms with Gasteiger partial charge in [0, 0.05) is 33.6 Å². The van der Waals surface area contributed by atoms with Crippen LogP contribution in [-0.4, -0.2) is 68.8 Å². The molecule has 0 spiro atoms. The van der Waals surface area contributed by atoms with E-state index >= 15 is 0 Å². The van der Waals surface area contributed by atoms with Crippen LogP contribution in [0.4, 0.5) is 0 Å². The molecule has 6 aromatic rings. The first-order valence-corrected chi connectivity index (χ1v) is 21.7. The molecule has 0 aliphatic carbocycles. The van der Waals surface area contributed by atoms with Gasteiger partial charge in [0.1, 0.15) is 34.5 Å². The number of benzene rings is 4. The summed E-state index contributed by atoms with van der Waals surface area (Å²) in [7, 11) is 5.49. The number of carbonyl (C=O) groups is 1. The zero-order chi connectivity index (χ0) is 49.6. The molecule has 68 heavy (non-hydrogen) atoms. The predicted molar refractivity (Wildman–Crippen MR) is 274 cm³/mol. The molecule has 360 valence electrons. The van der Waals surface area contributed by atoms with Crippen molar-refractivity contribution >= 4 is 87.4 Å². The maximum atomic E-state index is 11.2. The number of unbranched alkanes of at least 4 members (excludes halogenated alkanes) is 1. The zero-order valence-corrected chi connectivity index (χ0v) is 46.9. The molecule has 6 rings (SSSR count). The quantitative estimate of drug-likeness (QED) is 0.103. The number of ketones is 1. The normalized spacial score (nSPS) is 9.44. The molecule has 0 saturated carbocycles. The molecule has 21 heteroatoms. The van der Waals surface area contributed by atoms with Crippen molar-refractivity contribution in [3.05, 3.63) is 150 Å². The van der Waals surface area contributed by atoms with E-state index in [2.05, 4.69) is 51.6 Å². The summed E-state index contributed by atoms with van der Waals surface area (Å²) in [6.07, 6.45) is 5.62. The average Bonchev–Trinajstić information content (AvgIpc) is 3.91. The number of Topliss-reactive ketones (excluding diaryl/α,β-unsaturated/α-hetero) is 1. The van der Waals surface area contributed by atoms with Crippen molar-refractivity contribution < 1.29 is 96.4 Å². The van der Waals surface area contributed by atoms with Gasteiger partial charge in [-0.3, -0.25) is 9.64 Å². The third-order valence-corrected chi connectivity index (χ3v) is 10.6. The molecule has 0 bridgehead atoms. The number of hydrogen-bond acceptors (Lipinski definition) is 12. The second kappa shape index (κ2) is 40.8. The van der Waals surface area contributed by atoms with Gasteiger partial charge in [-0.25, -0.2) is 6.57 Å². The monoisotopic (exact) mass is 1130 g/mol. The number of methoxy groups -OCH3 is 4. The zero-order valence-electron chi connectivity index (χ0n) is 39.8. The van der Waals surface area contributed by atoms with Crippen molar-refractivity contribution in [1.29, 1.82) is 0 Å². The smallest absolute Gasteiger partial charge is 0.857 e. The minimum absolute atomic E-state index is 0. The molecule has 0 aliphatic heterocycles. The number of aromatic nitrogens is 2. The first-order chi connectivity index (χ1) is 30.9. The van der Waals surface area contributed by atoms with E-state index in [0.717, 1.165) is 61.8 Å². The number of rotatable bonds is 9. The maximum absolute atomic E-state index is 11.2. The number of hydrogen-bond donors (Lipinski definition) is 2. The summed E-state index contributed by atoms with van der Waals surface area (Å²) in [5.74, 6) is 4.16. The molecule has 0 aliphatic rings. The summed E-state index contributed by atoms with van der Waals surface area (Å²) >= 11 is 25.8. The Labute approximate surface area is 470 Å². The van der Waals surface area contributed by atoms with Crippen molar-refractivity contribution in [2.24, 2.45) is 0 Å². The molecule has 0 radical (unpaired) electrons. The standard InChI is InChI=1S/2C11H10ClNO2.C8H9ClO.C7H8BClO3.C4H4INO.C4H9.CH3O.CH4.Li.Na/c1-7-10(6-13-15-7)9-4-3-8(14-2)5-11(9)12;1-7(14)11(13-2)9-5-4-8(15-3)6-10(9)12;1-6-3-4-7(10-2)5-8(6)9;1-12-5-2-3-6(8(10)11)7(9)4-5;1-3-4(5)2-6-7-3;1-3-4-2;1-2;;;/h3-6H,1-2H3;4-6,11H,1,3H3;3-5H,1-2H3;2-4,10-11H,1H3;2H,1H3;1,3-4H2,2H3;1H3;1H4;;/q;;;;;2*-1;;2*+1. The fourth-order valence-corrected chi connectivity index (χ4v) is 5.66. The first kappa shape index (κ1) is 71.6. The van der Waals surface area contributed by atoms with E-state index < -0.39 is 13.2 Å². The van der Waals surface area contributed by atoms with Crippen molar-refractivity contribution in [1.82, 2.24) is 10.3 Å². The van der Waals surface area contributed by atoms with Gasteiger partial charge in [0.2, 0.25) is 5.78 Å². The number of carbonyl (C=O) groups excluding carboxylic acids is 1. The minimum atomic E-state index is -1.54. The van der Waals surface area contributed by atoms with Crippen molar-refractivity contribution in [2.75, 3.05) is 35.5 Å². The second-order valence-corrected chi connectivity index (χ2v) is 15.4. The first-order valence-electron chi connectivity index (χ1n) is 19.1. The van der Waals surface area contributed by atoms with E-state index in [1.807, 2.05) is 45.0 Å². The number of ether oxygens (including phenoxy) is 4. The molecule has 2 N–H and O–H groups in total. The molecule has 1 atom stereocenters. The predicted octanol–water partition coefficient (Wildman–Crippen LogP) is 5.72. The van der Waals surface area contributed by atoms with Gasteiger partial charge in [-0.2, -0.15) is 13.5 Å². The Morgan fingerprint density at radius 2 is 1.19 bits per heavy atom. The van der Waals surface area contributed by atoms with Crippen LogP contribution >= 0.6 is 69.0 Å². The van der Waals surface area contributed by atoms with Gasteiger partial charge in [0.05, 0.1) is 60.0 Å². The van der Waals surface area contributed by atoms with E-state index in [1.165, 1.54) is 39.7 Å². The van der Waals surface area contributed by atoms with E-state index in [1.54, 1.807) is 63.0 Å². The molecule has 4 aromatic carbocycles. The number of halogens is 5. The molecular formula is C47H57BCl4ILiN3NaO10. The fraction of sp³-hybridized carbons (Fsp3) is 0.298. The molecular weight excluding hydrogens is 1080 g/mol. The molecule has 2 aromatic heterocycles. The fourth-order valence-electron chi connectivity index (χ4n) is 4.47. The van der Waals surface area contributed by atoms with Gasteiger partial charge in [0.25, 0.3) is 0 Å². The third kappa shape index (κ3) is 26.3. The summed E-state index contributed by atoms with van der Waals surface area (Å²) in [5.41, 5.74) is 3.68. The van der Waals surface area contributed by atoms with Crippen LogP contribution in [0.5, 0.6) is 23.0 Å².